The number of carbonyl (C=O) groups is 3. The third-order valence-corrected chi connectivity index (χ3v) is 8.87. The molecule has 37 heavy (non-hydrogen) atoms. The molecule has 1 fully saturated rings. The second kappa shape index (κ2) is 9.80. The Morgan fingerprint density at radius 2 is 2.11 bits per heavy atom. The molecule has 2 amide bonds. The zero-order chi connectivity index (χ0) is 26.3. The Balaban J connectivity index is 1.33. The van der Waals surface area contributed by atoms with E-state index in [4.69, 9.17) is 10.6 Å². The fourth-order valence-corrected chi connectivity index (χ4v) is 7.01. The van der Waals surface area contributed by atoms with Gasteiger partial charge in [0.1, 0.15) is 37.3 Å². The molecule has 3 aliphatic rings. The van der Waals surface area contributed by atoms with Crippen LogP contribution >= 0.6 is 23.1 Å². The lowest BCUT2D eigenvalue weighted by atomic mass is 9.96. The van der Waals surface area contributed by atoms with Gasteiger partial charge in [0.25, 0.3) is 11.8 Å². The van der Waals surface area contributed by atoms with Crippen LogP contribution in [0.25, 0.3) is 0 Å². The molecule has 2 aromatic rings. The lowest BCUT2D eigenvalue weighted by Crippen LogP contribution is -2.72. The number of carboxylic acids is 1. The fourth-order valence-electron chi connectivity index (χ4n) is 5.13. The number of likely N-dealkylation sites (N-methyl/N-ethyl adjacent to an activating group) is 1. The van der Waals surface area contributed by atoms with E-state index >= 15 is 0 Å². The van der Waals surface area contributed by atoms with Crippen LogP contribution in [0.15, 0.2) is 46.1 Å². The minimum atomic E-state index is -1.39. The summed E-state index contributed by atoms with van der Waals surface area (Å²) in [4.78, 5) is 48.3. The number of β-lactam (4-membered cyclic amide) rings is 1. The highest BCUT2D eigenvalue weighted by molar-refractivity contribution is 8.00. The van der Waals surface area contributed by atoms with Crippen LogP contribution in [0, 0.1) is 0 Å². The van der Waals surface area contributed by atoms with Crippen molar-refractivity contribution in [3.8, 4) is 0 Å². The van der Waals surface area contributed by atoms with Crippen LogP contribution in [0.5, 0.6) is 0 Å². The Hall–Kier alpha value is -3.42. The molecule has 0 spiro atoms. The number of quaternary nitrogens is 1. The van der Waals surface area contributed by atoms with Gasteiger partial charge in [0.15, 0.2) is 10.8 Å². The van der Waals surface area contributed by atoms with Crippen LogP contribution in [0.2, 0.25) is 0 Å². The number of nitrogens with zero attached hydrogens (tertiary/aromatic N) is 4. The number of carbonyl (C=O) groups excluding carboxylic acids is 3. The highest BCUT2D eigenvalue weighted by Crippen LogP contribution is 2.41. The summed E-state index contributed by atoms with van der Waals surface area (Å²) in [6.45, 7) is 2.14. The number of rotatable bonds is 7. The van der Waals surface area contributed by atoms with Crippen molar-refractivity contribution in [1.82, 2.24) is 15.2 Å². The Bertz CT molecular complexity index is 1340. The van der Waals surface area contributed by atoms with E-state index in [9.17, 15) is 19.5 Å². The molecule has 0 saturated carbocycles. The normalized spacial score (nSPS) is 25.2. The number of hydrogen-bond acceptors (Lipinski definition) is 10. The Kier molecular flexibility index (Phi) is 6.68. The van der Waals surface area contributed by atoms with Gasteiger partial charge < -0.3 is 30.3 Å². The first-order chi connectivity index (χ1) is 17.7. The number of thiazole rings is 1. The molecule has 3 atom stereocenters. The second-order valence-electron chi connectivity index (χ2n) is 9.47. The highest BCUT2D eigenvalue weighted by atomic mass is 32.2. The maximum atomic E-state index is 13.1. The minimum Gasteiger partial charge on any atom is -0.543 e. The number of nitrogens with two attached hydrogens (primary N) is 1. The number of amides is 2. The number of fused-ring (bicyclic) bond motifs is 2. The molecule has 3 aliphatic heterocycles. The van der Waals surface area contributed by atoms with Crippen molar-refractivity contribution in [1.29, 1.82) is 0 Å². The molecule has 1 aromatic carbocycles. The van der Waals surface area contributed by atoms with Gasteiger partial charge in [-0.15, -0.1) is 23.1 Å². The SMILES string of the molecule is CO/N=C(\C(=O)NC1C(=O)N2C(C(=O)[O-])=C(C[N+]3(C)CCc4ccccc4C3)CS[C@H]12)c1csc(N)n1. The van der Waals surface area contributed by atoms with E-state index in [0.29, 0.717) is 22.4 Å². The first-order valence-corrected chi connectivity index (χ1v) is 13.6. The number of anilines is 1. The molecule has 1 saturated heterocycles. The first-order valence-electron chi connectivity index (χ1n) is 11.6. The van der Waals surface area contributed by atoms with E-state index in [1.54, 1.807) is 5.38 Å². The Morgan fingerprint density at radius 3 is 2.78 bits per heavy atom. The van der Waals surface area contributed by atoms with Crippen LogP contribution < -0.4 is 16.2 Å². The number of hydrogen-bond donors (Lipinski definition) is 2. The van der Waals surface area contributed by atoms with Gasteiger partial charge in [-0.3, -0.25) is 14.5 Å². The lowest BCUT2D eigenvalue weighted by Gasteiger charge is -2.51. The number of benzene rings is 1. The quantitative estimate of drug-likeness (QED) is 0.209. The minimum absolute atomic E-state index is 0.0875. The van der Waals surface area contributed by atoms with Crippen molar-refractivity contribution in [2.75, 3.05) is 38.7 Å². The van der Waals surface area contributed by atoms with Gasteiger partial charge in [-0.2, -0.15) is 0 Å². The molecule has 4 heterocycles. The smallest absolute Gasteiger partial charge is 0.276 e. The molecular weight excluding hydrogens is 516 g/mol. The topological polar surface area (TPSA) is 150 Å². The van der Waals surface area contributed by atoms with E-state index in [1.165, 1.54) is 34.9 Å². The van der Waals surface area contributed by atoms with Crippen molar-refractivity contribution >= 4 is 51.7 Å². The molecule has 0 radical (unpaired) electrons. The van der Waals surface area contributed by atoms with Crippen molar-refractivity contribution in [3.63, 3.8) is 0 Å². The lowest BCUT2D eigenvalue weighted by molar-refractivity contribution is -0.920. The molecule has 0 aliphatic carbocycles. The van der Waals surface area contributed by atoms with Gasteiger partial charge in [-0.05, 0) is 5.56 Å². The molecule has 13 heteroatoms. The summed E-state index contributed by atoms with van der Waals surface area (Å²) in [5.74, 6) is -2.15. The number of aliphatic carboxylic acids is 1. The number of nitrogen functional groups attached to an aromatic ring is 1. The summed E-state index contributed by atoms with van der Waals surface area (Å²) in [5, 5.41) is 19.9. The average molecular weight is 543 g/mol. The van der Waals surface area contributed by atoms with Gasteiger partial charge in [0.2, 0.25) is 0 Å². The standard InChI is InChI=1S/C24H26N6O5S2/c1-30(8-7-13-5-3-4-6-14(13)9-30)10-15-11-36-22-18(21(32)29(22)19(15)23(33)34)27-20(31)17(28-35-2)16-12-37-24(25)26-16/h3-6,12,18,22H,7-11H2,1-2H3,(H3-,25,26,27,31,33,34)/b28-17-/t18?,22-,30?/m1/s1. The molecular formula is C24H26N6O5S2. The van der Waals surface area contributed by atoms with Crippen molar-refractivity contribution in [2.24, 2.45) is 5.16 Å². The number of oxime groups is 1. The van der Waals surface area contributed by atoms with Crippen LogP contribution in [0.3, 0.4) is 0 Å². The third-order valence-electron chi connectivity index (χ3n) is 6.85. The van der Waals surface area contributed by atoms with E-state index in [0.717, 1.165) is 30.8 Å². The molecule has 2 unspecified atom stereocenters. The van der Waals surface area contributed by atoms with Crippen molar-refractivity contribution < 1.29 is 28.8 Å². The molecule has 194 valence electrons. The summed E-state index contributed by atoms with van der Waals surface area (Å²) in [6, 6.07) is 7.37. The predicted octanol–water partition coefficient (Wildman–Crippen LogP) is -0.317. The zero-order valence-corrected chi connectivity index (χ0v) is 21.9. The van der Waals surface area contributed by atoms with E-state index < -0.39 is 29.2 Å². The Morgan fingerprint density at radius 1 is 1.35 bits per heavy atom. The summed E-state index contributed by atoms with van der Waals surface area (Å²) < 4.78 is 0.643. The maximum absolute atomic E-state index is 13.1. The average Bonchev–Trinajstić information content (AvgIpc) is 3.30. The maximum Gasteiger partial charge on any atom is 0.276 e. The summed E-state index contributed by atoms with van der Waals surface area (Å²) >= 11 is 2.56. The molecule has 1 aromatic heterocycles. The second-order valence-corrected chi connectivity index (χ2v) is 11.5. The first kappa shape index (κ1) is 25.2. The number of nitrogens with one attached hydrogen (secondary N) is 1. The van der Waals surface area contributed by atoms with E-state index in [1.807, 2.05) is 12.1 Å². The van der Waals surface area contributed by atoms with Gasteiger partial charge in [-0.1, -0.05) is 29.4 Å². The number of carboxylic acid groups (broad SMARTS) is 1. The predicted molar refractivity (Wildman–Crippen MR) is 137 cm³/mol. The third kappa shape index (κ3) is 4.69. The monoisotopic (exact) mass is 542 g/mol. The van der Waals surface area contributed by atoms with Crippen molar-refractivity contribution in [3.05, 3.63) is 57.7 Å². The molecule has 3 N–H and O–H groups in total. The van der Waals surface area contributed by atoms with Crippen LogP contribution in [-0.4, -0.2) is 82.3 Å². The van der Waals surface area contributed by atoms with E-state index in [-0.39, 0.29) is 22.2 Å². The largest absolute Gasteiger partial charge is 0.543 e. The van der Waals surface area contributed by atoms with Gasteiger partial charge in [0.05, 0.1) is 25.3 Å². The van der Waals surface area contributed by atoms with E-state index in [2.05, 4.69) is 34.6 Å². The van der Waals surface area contributed by atoms with Gasteiger partial charge in [0, 0.05) is 28.7 Å². The fraction of sp³-hybridized carbons (Fsp3) is 0.375. The number of aromatic nitrogens is 1. The summed E-state index contributed by atoms with van der Waals surface area (Å²) in [6.07, 6.45) is 0.906. The van der Waals surface area contributed by atoms with Gasteiger partial charge >= 0.3 is 0 Å². The molecule has 0 bridgehead atoms. The molecule has 11 nitrogen and oxygen atoms in total. The zero-order valence-electron chi connectivity index (χ0n) is 20.3. The molecule has 5 rings (SSSR count). The number of thioether (sulfide) groups is 1. The summed E-state index contributed by atoms with van der Waals surface area (Å²) in [7, 11) is 3.40. The van der Waals surface area contributed by atoms with Crippen LogP contribution in [0.4, 0.5) is 5.13 Å². The highest BCUT2D eigenvalue weighted by Gasteiger charge is 2.53. The van der Waals surface area contributed by atoms with Crippen LogP contribution in [0.1, 0.15) is 16.8 Å². The Labute approximate surface area is 221 Å². The van der Waals surface area contributed by atoms with Gasteiger partial charge in [-0.25, -0.2) is 4.98 Å². The van der Waals surface area contributed by atoms with Crippen LogP contribution in [-0.2, 0) is 32.2 Å². The summed E-state index contributed by atoms with van der Waals surface area (Å²) in [5.41, 5.74) is 8.92. The van der Waals surface area contributed by atoms with Crippen molar-refractivity contribution in [2.45, 2.75) is 24.4 Å².